The van der Waals surface area contributed by atoms with Crippen LogP contribution >= 0.6 is 0 Å². The Bertz CT molecular complexity index is 506. The highest BCUT2D eigenvalue weighted by atomic mass is 19.1. The molecule has 24 heavy (non-hydrogen) atoms. The van der Waals surface area contributed by atoms with Crippen LogP contribution in [0.5, 0.6) is 0 Å². The molecule has 1 aliphatic rings. The first kappa shape index (κ1) is 19.8. The summed E-state index contributed by atoms with van der Waals surface area (Å²) in [5, 5.41) is 0. The highest BCUT2D eigenvalue weighted by molar-refractivity contribution is 5.68. The van der Waals surface area contributed by atoms with Gasteiger partial charge >= 0.3 is 23.9 Å². The van der Waals surface area contributed by atoms with Crippen LogP contribution in [-0.2, 0) is 42.9 Å². The van der Waals surface area contributed by atoms with Crippen LogP contribution < -0.4 is 0 Å². The van der Waals surface area contributed by atoms with Gasteiger partial charge in [-0.05, 0) is 0 Å². The van der Waals surface area contributed by atoms with Crippen molar-refractivity contribution in [2.45, 2.75) is 58.5 Å². The van der Waals surface area contributed by atoms with E-state index in [9.17, 15) is 23.6 Å². The van der Waals surface area contributed by atoms with Gasteiger partial charge in [0.25, 0.3) is 0 Å². The number of rotatable bonds is 5. The second-order valence-electron chi connectivity index (χ2n) is 5.05. The molecule has 5 atom stereocenters. The minimum atomic E-state index is -2.18. The molecule has 10 heteroatoms. The van der Waals surface area contributed by atoms with Gasteiger partial charge in [0.1, 0.15) is 12.7 Å². The minimum Gasteiger partial charge on any atom is -0.463 e. The van der Waals surface area contributed by atoms with E-state index in [4.69, 9.17) is 23.7 Å². The summed E-state index contributed by atoms with van der Waals surface area (Å²) in [6, 6.07) is 0. The maximum Gasteiger partial charge on any atom is 0.303 e. The molecular formula is C14H19FO9. The van der Waals surface area contributed by atoms with E-state index in [1.54, 1.807) is 0 Å². The van der Waals surface area contributed by atoms with Crippen molar-refractivity contribution >= 4 is 23.9 Å². The van der Waals surface area contributed by atoms with E-state index in [2.05, 4.69) is 0 Å². The lowest BCUT2D eigenvalue weighted by molar-refractivity contribution is -0.277. The molecule has 1 heterocycles. The fourth-order valence-electron chi connectivity index (χ4n) is 2.18. The Balaban J connectivity index is 3.11. The van der Waals surface area contributed by atoms with Gasteiger partial charge in [-0.2, -0.15) is 0 Å². The number of halogens is 1. The average Bonchev–Trinajstić information content (AvgIpc) is 2.42. The van der Waals surface area contributed by atoms with Gasteiger partial charge in [-0.25, -0.2) is 4.39 Å². The van der Waals surface area contributed by atoms with Crippen molar-refractivity contribution in [2.75, 3.05) is 6.61 Å². The van der Waals surface area contributed by atoms with Crippen LogP contribution in [0.1, 0.15) is 27.7 Å². The summed E-state index contributed by atoms with van der Waals surface area (Å²) in [6.07, 6.45) is -7.85. The number of hydrogen-bond donors (Lipinski definition) is 0. The van der Waals surface area contributed by atoms with E-state index in [0.29, 0.717) is 0 Å². The summed E-state index contributed by atoms with van der Waals surface area (Å²) < 4.78 is 38.7. The fraction of sp³-hybridized carbons (Fsp3) is 0.714. The van der Waals surface area contributed by atoms with Gasteiger partial charge < -0.3 is 23.7 Å². The lowest BCUT2D eigenvalue weighted by Gasteiger charge is -2.41. The molecule has 0 aromatic heterocycles. The van der Waals surface area contributed by atoms with Gasteiger partial charge in [-0.15, -0.1) is 0 Å². The second-order valence-corrected chi connectivity index (χ2v) is 5.05. The molecule has 0 unspecified atom stereocenters. The molecule has 0 amide bonds. The summed E-state index contributed by atoms with van der Waals surface area (Å²) in [5.74, 6) is -3.09. The average molecular weight is 350 g/mol. The zero-order valence-electron chi connectivity index (χ0n) is 13.6. The lowest BCUT2D eigenvalue weighted by atomic mass is 9.98. The predicted molar refractivity (Wildman–Crippen MR) is 73.1 cm³/mol. The zero-order valence-corrected chi connectivity index (χ0v) is 13.6. The van der Waals surface area contributed by atoms with E-state index >= 15 is 0 Å². The Morgan fingerprint density at radius 3 is 1.71 bits per heavy atom. The summed E-state index contributed by atoms with van der Waals surface area (Å²) in [4.78, 5) is 44.7. The highest BCUT2D eigenvalue weighted by Gasteiger charge is 2.52. The Labute approximate surface area is 137 Å². The van der Waals surface area contributed by atoms with Crippen LogP contribution in [0.3, 0.4) is 0 Å². The summed E-state index contributed by atoms with van der Waals surface area (Å²) >= 11 is 0. The molecule has 1 aliphatic heterocycles. The van der Waals surface area contributed by atoms with E-state index in [1.807, 2.05) is 0 Å². The molecule has 1 saturated heterocycles. The Morgan fingerprint density at radius 2 is 1.25 bits per heavy atom. The van der Waals surface area contributed by atoms with E-state index in [-0.39, 0.29) is 0 Å². The molecular weight excluding hydrogens is 331 g/mol. The first-order valence-electron chi connectivity index (χ1n) is 7.06. The molecule has 0 aliphatic carbocycles. The fourth-order valence-corrected chi connectivity index (χ4v) is 2.18. The summed E-state index contributed by atoms with van der Waals surface area (Å²) in [5.41, 5.74) is 0. The molecule has 1 rings (SSSR count). The topological polar surface area (TPSA) is 114 Å². The van der Waals surface area contributed by atoms with Crippen LogP contribution in [0.25, 0.3) is 0 Å². The third kappa shape index (κ3) is 5.76. The van der Waals surface area contributed by atoms with Crippen molar-refractivity contribution in [2.24, 2.45) is 0 Å². The normalized spacial score (nSPS) is 29.3. The molecule has 1 fully saturated rings. The van der Waals surface area contributed by atoms with Crippen LogP contribution in [-0.4, -0.2) is 61.3 Å². The van der Waals surface area contributed by atoms with Crippen LogP contribution in [0.15, 0.2) is 0 Å². The van der Waals surface area contributed by atoms with Crippen molar-refractivity contribution in [3.63, 3.8) is 0 Å². The van der Waals surface area contributed by atoms with E-state index < -0.39 is 61.3 Å². The third-order valence-corrected chi connectivity index (χ3v) is 2.93. The first-order valence-corrected chi connectivity index (χ1v) is 7.06. The zero-order chi connectivity index (χ0) is 18.4. The Morgan fingerprint density at radius 1 is 0.792 bits per heavy atom. The molecule has 0 bridgehead atoms. The van der Waals surface area contributed by atoms with Gasteiger partial charge in [0.05, 0.1) is 0 Å². The summed E-state index contributed by atoms with van der Waals surface area (Å²) in [6.45, 7) is 3.85. The van der Waals surface area contributed by atoms with Crippen molar-refractivity contribution in [1.82, 2.24) is 0 Å². The molecule has 0 spiro atoms. The number of carbonyl (C=O) groups is 4. The molecule has 0 aromatic carbocycles. The molecule has 0 saturated carbocycles. The molecule has 0 N–H and O–H groups in total. The highest BCUT2D eigenvalue weighted by Crippen LogP contribution is 2.29. The third-order valence-electron chi connectivity index (χ3n) is 2.93. The number of ether oxygens (including phenoxy) is 5. The Kier molecular flexibility index (Phi) is 7.08. The maximum absolute atomic E-state index is 14.2. The minimum absolute atomic E-state index is 0.446. The SMILES string of the molecule is CC(=O)OC[C@H]1O[C@H](F)[C@@H](OC(C)=O)[C@@H](OC(C)=O)[C@H]1OC(C)=O. The standard InChI is InChI=1S/C14H19FO9/c1-6(16)20-5-10-11(21-7(2)17)12(22-8(3)18)13(14(15)24-10)23-9(4)19/h10-14H,5H2,1-4H3/t10-,11+,12+,13+,14+/m1/s1. The molecule has 0 radical (unpaired) electrons. The molecule has 0 aromatic rings. The number of esters is 4. The smallest absolute Gasteiger partial charge is 0.303 e. The van der Waals surface area contributed by atoms with E-state index in [1.165, 1.54) is 0 Å². The summed E-state index contributed by atoms with van der Waals surface area (Å²) in [7, 11) is 0. The number of hydrogen-bond acceptors (Lipinski definition) is 9. The molecule has 136 valence electrons. The van der Waals surface area contributed by atoms with Gasteiger partial charge in [-0.3, -0.25) is 19.2 Å². The van der Waals surface area contributed by atoms with Crippen molar-refractivity contribution in [3.8, 4) is 0 Å². The largest absolute Gasteiger partial charge is 0.463 e. The number of carbonyl (C=O) groups excluding carboxylic acids is 4. The second kappa shape index (κ2) is 8.57. The predicted octanol–water partition coefficient (Wildman–Crippen LogP) is 0.0390. The maximum atomic E-state index is 14.2. The van der Waals surface area contributed by atoms with Crippen LogP contribution in [0, 0.1) is 0 Å². The van der Waals surface area contributed by atoms with Crippen molar-refractivity contribution in [1.29, 1.82) is 0 Å². The number of alkyl halides is 1. The van der Waals surface area contributed by atoms with Gasteiger partial charge in [0.2, 0.25) is 6.36 Å². The Hall–Kier alpha value is -2.23. The van der Waals surface area contributed by atoms with Gasteiger partial charge in [-0.1, -0.05) is 0 Å². The van der Waals surface area contributed by atoms with Crippen LogP contribution in [0.2, 0.25) is 0 Å². The van der Waals surface area contributed by atoms with E-state index in [0.717, 1.165) is 27.7 Å². The quantitative estimate of drug-likeness (QED) is 0.500. The van der Waals surface area contributed by atoms with Gasteiger partial charge in [0, 0.05) is 27.7 Å². The lowest BCUT2D eigenvalue weighted by Crippen LogP contribution is -2.61. The first-order chi connectivity index (χ1) is 11.1. The molecule has 9 nitrogen and oxygen atoms in total. The van der Waals surface area contributed by atoms with Crippen LogP contribution in [0.4, 0.5) is 4.39 Å². The monoisotopic (exact) mass is 350 g/mol. The van der Waals surface area contributed by atoms with Gasteiger partial charge in [0.15, 0.2) is 18.3 Å². The van der Waals surface area contributed by atoms with Crippen molar-refractivity contribution in [3.05, 3.63) is 0 Å². The van der Waals surface area contributed by atoms with Crippen molar-refractivity contribution < 1.29 is 47.3 Å².